The maximum Gasteiger partial charge on any atom is 2.00 e. The molecule has 11 heavy (non-hydrogen) atoms. The molecule has 0 aromatic carbocycles. The maximum absolute atomic E-state index is 10.00. The van der Waals surface area contributed by atoms with Crippen LogP contribution in [-0.4, -0.2) is 12.0 Å². The van der Waals surface area contributed by atoms with Gasteiger partial charge in [-0.2, -0.15) is 0 Å². The number of rotatable bonds is 3. The Morgan fingerprint density at radius 3 is 2.00 bits per heavy atom. The molecule has 0 radical (unpaired) electrons. The fourth-order valence-corrected chi connectivity index (χ4v) is 0.604. The van der Waals surface area contributed by atoms with Crippen LogP contribution >= 0.6 is 0 Å². The van der Waals surface area contributed by atoms with Crippen LogP contribution in [0.1, 0.15) is 20.3 Å². The van der Waals surface area contributed by atoms with Crippen molar-refractivity contribution >= 4 is 5.97 Å². The summed E-state index contributed by atoms with van der Waals surface area (Å²) < 4.78 is 0. The first kappa shape index (κ1) is 17.8. The number of hydrogen-bond acceptors (Lipinski definition) is 3. The minimum atomic E-state index is -1.16. The van der Waals surface area contributed by atoms with Gasteiger partial charge in [-0.1, -0.05) is 13.8 Å². The maximum atomic E-state index is 10.00. The smallest absolute Gasteiger partial charge is 1.00 e. The standard InChI is InChI=1S/C6H13NO2.HI.Zn/c1-4(2)3-5(7)6(8)9;;/h4-5H,3,7H2,1-2H3,(H,8,9);1H;/q;;+2/p-2/t5-;;/m0../s1. The second-order valence-corrected chi connectivity index (χ2v) is 2.56. The molecule has 0 heterocycles. The Labute approximate surface area is 96.9 Å². The summed E-state index contributed by atoms with van der Waals surface area (Å²) in [5.41, 5.74) is 5.16. The minimum absolute atomic E-state index is 0. The van der Waals surface area contributed by atoms with E-state index in [0.717, 1.165) is 0 Å². The summed E-state index contributed by atoms with van der Waals surface area (Å²) in [6.07, 6.45) is 0.488. The largest absolute Gasteiger partial charge is 2.00 e. The molecular formula is C6H12INO2Zn. The van der Waals surface area contributed by atoms with Gasteiger partial charge in [0, 0.05) is 6.04 Å². The fourth-order valence-electron chi connectivity index (χ4n) is 0.604. The first-order chi connectivity index (χ1) is 4.04. The third-order valence-electron chi connectivity index (χ3n) is 1.03. The molecule has 0 aromatic rings. The van der Waals surface area contributed by atoms with E-state index < -0.39 is 12.0 Å². The van der Waals surface area contributed by atoms with Crippen LogP contribution in [0.25, 0.3) is 0 Å². The Morgan fingerprint density at radius 1 is 1.55 bits per heavy atom. The predicted octanol–water partition coefficient (Wildman–Crippen LogP) is -3.89. The first-order valence-corrected chi connectivity index (χ1v) is 3.00. The molecule has 0 bridgehead atoms. The number of carbonyl (C=O) groups is 1. The van der Waals surface area contributed by atoms with Gasteiger partial charge in [0.15, 0.2) is 0 Å². The van der Waals surface area contributed by atoms with Gasteiger partial charge in [-0.25, -0.2) is 0 Å². The number of halogens is 1. The molecule has 0 aliphatic carbocycles. The summed E-state index contributed by atoms with van der Waals surface area (Å²) in [6, 6.07) is -0.801. The molecule has 0 rings (SSSR count). The van der Waals surface area contributed by atoms with Crippen LogP contribution in [0, 0.1) is 5.92 Å². The molecule has 1 atom stereocenters. The van der Waals surface area contributed by atoms with E-state index in [9.17, 15) is 9.90 Å². The number of carbonyl (C=O) groups excluding carboxylic acids is 1. The molecule has 2 N–H and O–H groups in total. The second-order valence-electron chi connectivity index (χ2n) is 2.56. The number of carboxylic acid groups (broad SMARTS) is 1. The first-order valence-electron chi connectivity index (χ1n) is 3.00. The normalized spacial score (nSPS) is 11.3. The van der Waals surface area contributed by atoms with Gasteiger partial charge in [0.25, 0.3) is 0 Å². The van der Waals surface area contributed by atoms with Gasteiger partial charge in [0.1, 0.15) is 0 Å². The van der Waals surface area contributed by atoms with Crippen molar-refractivity contribution in [3.8, 4) is 0 Å². The van der Waals surface area contributed by atoms with Crippen molar-refractivity contribution < 1.29 is 53.4 Å². The molecule has 0 aromatic heterocycles. The van der Waals surface area contributed by atoms with Crippen molar-refractivity contribution in [1.82, 2.24) is 0 Å². The van der Waals surface area contributed by atoms with Crippen molar-refractivity contribution in [2.45, 2.75) is 26.3 Å². The number of nitrogens with two attached hydrogens (primary N) is 1. The molecular weight excluding hydrogens is 310 g/mol. The van der Waals surface area contributed by atoms with Crippen LogP contribution < -0.4 is 34.8 Å². The Morgan fingerprint density at radius 2 is 1.91 bits per heavy atom. The predicted molar refractivity (Wildman–Crippen MR) is 32.4 cm³/mol. The van der Waals surface area contributed by atoms with Gasteiger partial charge in [-0.3, -0.25) is 0 Å². The summed E-state index contributed by atoms with van der Waals surface area (Å²) in [4.78, 5) is 10.00. The average Bonchev–Trinajstić information content (AvgIpc) is 1.63. The topological polar surface area (TPSA) is 66.2 Å². The summed E-state index contributed by atoms with van der Waals surface area (Å²) in [6.45, 7) is 3.84. The van der Waals surface area contributed by atoms with E-state index >= 15 is 0 Å². The van der Waals surface area contributed by atoms with Crippen molar-refractivity contribution in [3.63, 3.8) is 0 Å². The zero-order chi connectivity index (χ0) is 7.44. The monoisotopic (exact) mass is 321 g/mol. The molecule has 62 valence electrons. The van der Waals surface area contributed by atoms with Crippen LogP contribution in [0.3, 0.4) is 0 Å². The molecule has 0 unspecified atom stereocenters. The van der Waals surface area contributed by atoms with E-state index in [1.54, 1.807) is 0 Å². The third-order valence-corrected chi connectivity index (χ3v) is 1.03. The van der Waals surface area contributed by atoms with Crippen LogP contribution in [0.5, 0.6) is 0 Å². The SMILES string of the molecule is CC(C)C[C@H](N)C(=O)[O-].[I-].[Zn+2]. The molecule has 3 nitrogen and oxygen atoms in total. The van der Waals surface area contributed by atoms with E-state index in [1.165, 1.54) is 0 Å². The van der Waals surface area contributed by atoms with Gasteiger partial charge in [-0.05, 0) is 12.3 Å². The quantitative estimate of drug-likeness (QED) is 0.427. The molecule has 0 amide bonds. The summed E-state index contributed by atoms with van der Waals surface area (Å²) >= 11 is 0. The molecule has 0 saturated heterocycles. The van der Waals surface area contributed by atoms with Crippen molar-refractivity contribution in [3.05, 3.63) is 0 Å². The summed E-state index contributed by atoms with van der Waals surface area (Å²) in [5, 5.41) is 10.00. The van der Waals surface area contributed by atoms with E-state index in [2.05, 4.69) is 0 Å². The van der Waals surface area contributed by atoms with Gasteiger partial charge in [-0.15, -0.1) is 0 Å². The fraction of sp³-hybridized carbons (Fsp3) is 0.833. The van der Waals surface area contributed by atoms with Crippen molar-refractivity contribution in [1.29, 1.82) is 0 Å². The van der Waals surface area contributed by atoms with Crippen LogP contribution in [0.2, 0.25) is 0 Å². The van der Waals surface area contributed by atoms with E-state index in [0.29, 0.717) is 12.3 Å². The molecule has 0 fully saturated rings. The summed E-state index contributed by atoms with van der Waals surface area (Å²) in [7, 11) is 0. The molecule has 0 aliphatic heterocycles. The second kappa shape index (κ2) is 8.88. The van der Waals surface area contributed by atoms with Crippen molar-refractivity contribution in [2.24, 2.45) is 11.7 Å². The van der Waals surface area contributed by atoms with Crippen molar-refractivity contribution in [2.75, 3.05) is 0 Å². The van der Waals surface area contributed by atoms with Gasteiger partial charge < -0.3 is 39.6 Å². The number of carboxylic acids is 1. The Bertz CT molecular complexity index is 111. The molecule has 0 spiro atoms. The zero-order valence-electron chi connectivity index (χ0n) is 6.84. The van der Waals surface area contributed by atoms with E-state index in [1.807, 2.05) is 13.8 Å². The Hall–Kier alpha value is 0.783. The van der Waals surface area contributed by atoms with Gasteiger partial charge in [0.2, 0.25) is 0 Å². The van der Waals surface area contributed by atoms with Crippen LogP contribution in [0.15, 0.2) is 0 Å². The van der Waals surface area contributed by atoms with E-state index in [-0.39, 0.29) is 43.5 Å². The zero-order valence-corrected chi connectivity index (χ0v) is 12.0. The van der Waals surface area contributed by atoms with Gasteiger partial charge in [0.05, 0.1) is 5.97 Å². The Balaban J connectivity index is -0.000000320. The van der Waals surface area contributed by atoms with Crippen LogP contribution in [-0.2, 0) is 24.3 Å². The van der Waals surface area contributed by atoms with Crippen LogP contribution in [0.4, 0.5) is 0 Å². The summed E-state index contributed by atoms with van der Waals surface area (Å²) in [5.74, 6) is -0.846. The molecule has 0 saturated carbocycles. The van der Waals surface area contributed by atoms with Gasteiger partial charge >= 0.3 is 19.5 Å². The number of hydrogen-bond donors (Lipinski definition) is 1. The van der Waals surface area contributed by atoms with E-state index in [4.69, 9.17) is 5.73 Å². The molecule has 5 heteroatoms. The Kier molecular flexibility index (Phi) is 14.3. The molecule has 0 aliphatic rings. The average molecular weight is 322 g/mol. The minimum Gasteiger partial charge on any atom is -1.00 e. The third kappa shape index (κ3) is 10.8. The number of aliphatic carboxylic acids is 1.